The van der Waals surface area contributed by atoms with Crippen LogP contribution in [0.15, 0.2) is 47.1 Å². The number of carbonyl (C=O) groups excluding carboxylic acids is 1. The van der Waals surface area contributed by atoms with Crippen molar-refractivity contribution < 1.29 is 32.7 Å². The zero-order valence-electron chi connectivity index (χ0n) is 21.5. The molecule has 0 aliphatic carbocycles. The first kappa shape index (κ1) is 25.1. The molecule has 3 aromatic rings. The number of methoxy groups -OCH3 is 1. The van der Waals surface area contributed by atoms with E-state index in [2.05, 4.69) is 0 Å². The van der Waals surface area contributed by atoms with E-state index in [-0.39, 0.29) is 25.1 Å². The van der Waals surface area contributed by atoms with Gasteiger partial charge in [0.2, 0.25) is 0 Å². The fourth-order valence-corrected chi connectivity index (χ4v) is 4.04. The van der Waals surface area contributed by atoms with Crippen LogP contribution >= 0.6 is 0 Å². The molecular formula is C27H33BO7. The number of esters is 1. The molecule has 2 aromatic carbocycles. The quantitative estimate of drug-likeness (QED) is 0.338. The van der Waals surface area contributed by atoms with Gasteiger partial charge < -0.3 is 27.9 Å². The van der Waals surface area contributed by atoms with E-state index in [1.165, 1.54) is 0 Å². The normalized spacial score (nSPS) is 16.6. The average molecular weight is 480 g/mol. The zero-order chi connectivity index (χ0) is 25.4. The summed E-state index contributed by atoms with van der Waals surface area (Å²) in [7, 11) is 1.01. The SMILES string of the molecule is COc1cccc(CC(=O)OC(C)C)c1OCc1cc(B2OC(C)(C)C(C)(C)O2)c2occc2c1. The van der Waals surface area contributed by atoms with Crippen LogP contribution in [0, 0.1) is 0 Å². The molecule has 1 fully saturated rings. The molecule has 1 aliphatic heterocycles. The van der Waals surface area contributed by atoms with Crippen molar-refractivity contribution in [3.05, 3.63) is 53.8 Å². The minimum Gasteiger partial charge on any atom is -0.493 e. The highest BCUT2D eigenvalue weighted by Gasteiger charge is 2.52. The highest BCUT2D eigenvalue weighted by Crippen LogP contribution is 2.37. The Hall–Kier alpha value is -2.97. The minimum absolute atomic E-state index is 0.0879. The summed E-state index contributed by atoms with van der Waals surface area (Å²) in [6.07, 6.45) is 1.56. The number of ether oxygens (including phenoxy) is 3. The van der Waals surface area contributed by atoms with Gasteiger partial charge in [-0.2, -0.15) is 0 Å². The number of furan rings is 1. The fourth-order valence-electron chi connectivity index (χ4n) is 4.04. The highest BCUT2D eigenvalue weighted by molar-refractivity contribution is 6.64. The molecule has 0 radical (unpaired) electrons. The van der Waals surface area contributed by atoms with E-state index < -0.39 is 18.3 Å². The second kappa shape index (κ2) is 9.59. The van der Waals surface area contributed by atoms with Crippen molar-refractivity contribution in [1.82, 2.24) is 0 Å². The first-order chi connectivity index (χ1) is 16.5. The predicted octanol–water partition coefficient (Wildman–Crippen LogP) is 4.81. The molecule has 0 saturated carbocycles. The topological polar surface area (TPSA) is 76.4 Å². The molecule has 2 heterocycles. The molecule has 0 atom stereocenters. The molecule has 0 amide bonds. The van der Waals surface area contributed by atoms with Crippen LogP contribution in [-0.4, -0.2) is 37.5 Å². The lowest BCUT2D eigenvalue weighted by Crippen LogP contribution is -2.41. The molecule has 7 nitrogen and oxygen atoms in total. The van der Waals surface area contributed by atoms with Gasteiger partial charge in [0.1, 0.15) is 12.2 Å². The van der Waals surface area contributed by atoms with Gasteiger partial charge >= 0.3 is 13.1 Å². The van der Waals surface area contributed by atoms with Crippen LogP contribution in [0.1, 0.15) is 52.7 Å². The number of hydrogen-bond acceptors (Lipinski definition) is 7. The Kier molecular flexibility index (Phi) is 6.89. The van der Waals surface area contributed by atoms with Crippen LogP contribution in [0.3, 0.4) is 0 Å². The van der Waals surface area contributed by atoms with E-state index >= 15 is 0 Å². The second-order valence-corrected chi connectivity index (χ2v) is 10.1. The van der Waals surface area contributed by atoms with Gasteiger partial charge in [0.05, 0.1) is 37.1 Å². The summed E-state index contributed by atoms with van der Waals surface area (Å²) in [4.78, 5) is 12.3. The molecule has 0 bridgehead atoms. The van der Waals surface area contributed by atoms with E-state index in [0.29, 0.717) is 17.1 Å². The second-order valence-electron chi connectivity index (χ2n) is 10.1. The van der Waals surface area contributed by atoms with Crippen LogP contribution in [0.4, 0.5) is 0 Å². The predicted molar refractivity (Wildman–Crippen MR) is 134 cm³/mol. The van der Waals surface area contributed by atoms with Crippen molar-refractivity contribution in [1.29, 1.82) is 0 Å². The number of hydrogen-bond donors (Lipinski definition) is 0. The Labute approximate surface area is 206 Å². The molecule has 186 valence electrons. The summed E-state index contributed by atoms with van der Waals surface area (Å²) in [5.41, 5.74) is 2.20. The number of benzene rings is 2. The van der Waals surface area contributed by atoms with E-state index in [1.807, 2.05) is 77.9 Å². The first-order valence-electron chi connectivity index (χ1n) is 11.8. The van der Waals surface area contributed by atoms with Crippen molar-refractivity contribution in [2.75, 3.05) is 7.11 Å². The largest absolute Gasteiger partial charge is 0.498 e. The lowest BCUT2D eigenvalue weighted by molar-refractivity contribution is -0.146. The highest BCUT2D eigenvalue weighted by atomic mass is 16.7. The van der Waals surface area contributed by atoms with Gasteiger partial charge in [0.25, 0.3) is 0 Å². The van der Waals surface area contributed by atoms with Crippen molar-refractivity contribution in [2.24, 2.45) is 0 Å². The summed E-state index contributed by atoms with van der Waals surface area (Å²) in [6, 6.07) is 11.4. The monoisotopic (exact) mass is 480 g/mol. The molecule has 0 N–H and O–H groups in total. The van der Waals surface area contributed by atoms with Gasteiger partial charge in [-0.3, -0.25) is 4.79 Å². The zero-order valence-corrected chi connectivity index (χ0v) is 21.5. The molecule has 1 saturated heterocycles. The molecule has 1 aromatic heterocycles. The first-order valence-corrected chi connectivity index (χ1v) is 11.8. The Morgan fingerprint density at radius 1 is 1.06 bits per heavy atom. The maximum atomic E-state index is 12.3. The molecule has 0 spiro atoms. The van der Waals surface area contributed by atoms with Gasteiger partial charge in [0, 0.05) is 16.4 Å². The van der Waals surface area contributed by atoms with Crippen molar-refractivity contribution in [3.8, 4) is 11.5 Å². The minimum atomic E-state index is -0.568. The van der Waals surface area contributed by atoms with Gasteiger partial charge in [-0.25, -0.2) is 0 Å². The summed E-state index contributed by atoms with van der Waals surface area (Å²) >= 11 is 0. The fraction of sp³-hybridized carbons (Fsp3) is 0.444. The summed E-state index contributed by atoms with van der Waals surface area (Å²) in [5.74, 6) is 0.747. The number of rotatable bonds is 8. The Bertz CT molecular complexity index is 1200. The van der Waals surface area contributed by atoms with E-state index in [0.717, 1.165) is 22.0 Å². The molecule has 35 heavy (non-hydrogen) atoms. The smallest absolute Gasteiger partial charge is 0.493 e. The number of carbonyl (C=O) groups is 1. The molecule has 8 heteroatoms. The summed E-state index contributed by atoms with van der Waals surface area (Å²) in [6.45, 7) is 12.0. The lowest BCUT2D eigenvalue weighted by Gasteiger charge is -2.32. The number of fused-ring (bicyclic) bond motifs is 1. The van der Waals surface area contributed by atoms with Gasteiger partial charge in [0.15, 0.2) is 11.5 Å². The maximum absolute atomic E-state index is 12.3. The Morgan fingerprint density at radius 3 is 2.43 bits per heavy atom. The molecule has 4 rings (SSSR count). The van der Waals surface area contributed by atoms with Crippen LogP contribution in [-0.2, 0) is 31.9 Å². The maximum Gasteiger partial charge on any atom is 0.498 e. The molecular weight excluding hydrogens is 447 g/mol. The van der Waals surface area contributed by atoms with Gasteiger partial charge in [-0.1, -0.05) is 18.2 Å². The standard InChI is InChI=1S/C27H33BO7/c1-17(2)33-23(29)15-19-9-8-10-22(30-7)25(19)32-16-18-13-20-11-12-31-24(20)21(14-18)28-34-26(3,4)27(5,6)35-28/h8-14,17H,15-16H2,1-7H3. The van der Waals surface area contributed by atoms with Crippen LogP contribution in [0.2, 0.25) is 0 Å². The molecule has 0 unspecified atom stereocenters. The third-order valence-electron chi connectivity index (χ3n) is 6.51. The van der Waals surface area contributed by atoms with E-state index in [4.69, 9.17) is 27.9 Å². The van der Waals surface area contributed by atoms with E-state index in [9.17, 15) is 4.79 Å². The van der Waals surface area contributed by atoms with Crippen LogP contribution in [0.5, 0.6) is 11.5 Å². The Balaban J connectivity index is 1.62. The number of para-hydroxylation sites is 1. The Morgan fingerprint density at radius 2 is 1.77 bits per heavy atom. The van der Waals surface area contributed by atoms with Crippen molar-refractivity contribution in [2.45, 2.75) is 71.9 Å². The van der Waals surface area contributed by atoms with Crippen LogP contribution in [0.25, 0.3) is 11.0 Å². The van der Waals surface area contributed by atoms with Crippen molar-refractivity contribution in [3.63, 3.8) is 0 Å². The lowest BCUT2D eigenvalue weighted by atomic mass is 9.77. The molecule has 1 aliphatic rings. The van der Waals surface area contributed by atoms with Gasteiger partial charge in [-0.05, 0) is 65.3 Å². The third-order valence-corrected chi connectivity index (χ3v) is 6.51. The van der Waals surface area contributed by atoms with Crippen LogP contribution < -0.4 is 14.9 Å². The summed E-state index contributed by atoms with van der Waals surface area (Å²) in [5, 5.41) is 0.927. The van der Waals surface area contributed by atoms with Gasteiger partial charge in [-0.15, -0.1) is 0 Å². The average Bonchev–Trinajstić information content (AvgIpc) is 3.32. The summed E-state index contributed by atoms with van der Waals surface area (Å²) < 4.78 is 35.4. The van der Waals surface area contributed by atoms with E-state index in [1.54, 1.807) is 13.4 Å². The third kappa shape index (κ3) is 5.18. The van der Waals surface area contributed by atoms with Crippen molar-refractivity contribution >= 4 is 29.5 Å².